The minimum absolute atomic E-state index is 0.240. The van der Waals surface area contributed by atoms with Gasteiger partial charge in [0.2, 0.25) is 0 Å². The maximum atomic E-state index is 4.81. The Morgan fingerprint density at radius 1 is 1.31 bits per heavy atom. The van der Waals surface area contributed by atoms with Crippen LogP contribution in [0, 0.1) is 5.41 Å². The fraction of sp³-hybridized carbons (Fsp3) is 0.750. The standard InChI is InChI=1S/C12H19N/c1-12(2,3)11-8-9-6-4-5-7-10(9)13-11/h8,10H,4-7H2,1-3H3. The first kappa shape index (κ1) is 8.98. The van der Waals surface area contributed by atoms with Crippen LogP contribution in [0.1, 0.15) is 46.5 Å². The summed E-state index contributed by atoms with van der Waals surface area (Å²) >= 11 is 0. The van der Waals surface area contributed by atoms with E-state index in [0.29, 0.717) is 6.04 Å². The number of fused-ring (bicyclic) bond motifs is 1. The molecule has 1 atom stereocenters. The van der Waals surface area contributed by atoms with Crippen molar-refractivity contribution in [2.45, 2.75) is 52.5 Å². The third-order valence-corrected chi connectivity index (χ3v) is 3.01. The lowest BCUT2D eigenvalue weighted by Gasteiger charge is -2.18. The highest BCUT2D eigenvalue weighted by atomic mass is 14.8. The minimum atomic E-state index is 0.240. The SMILES string of the molecule is CC(C)(C)C1=NC2CCCCC2=C1. The molecule has 0 spiro atoms. The second-order valence-corrected chi connectivity index (χ2v) is 5.25. The molecule has 1 unspecified atom stereocenters. The quantitative estimate of drug-likeness (QED) is 0.538. The van der Waals surface area contributed by atoms with Crippen LogP contribution < -0.4 is 0 Å². The maximum absolute atomic E-state index is 4.81. The Kier molecular flexibility index (Phi) is 2.05. The fourth-order valence-corrected chi connectivity index (χ4v) is 2.13. The van der Waals surface area contributed by atoms with E-state index in [-0.39, 0.29) is 5.41 Å². The first-order valence-electron chi connectivity index (χ1n) is 5.36. The van der Waals surface area contributed by atoms with E-state index in [0.717, 1.165) is 0 Å². The summed E-state index contributed by atoms with van der Waals surface area (Å²) in [6.45, 7) is 6.75. The summed E-state index contributed by atoms with van der Waals surface area (Å²) in [5.41, 5.74) is 3.15. The average Bonchev–Trinajstić information content (AvgIpc) is 2.45. The van der Waals surface area contributed by atoms with Crippen molar-refractivity contribution in [3.8, 4) is 0 Å². The van der Waals surface area contributed by atoms with E-state index >= 15 is 0 Å². The molecule has 72 valence electrons. The zero-order valence-corrected chi connectivity index (χ0v) is 8.93. The summed E-state index contributed by atoms with van der Waals surface area (Å²) < 4.78 is 0. The van der Waals surface area contributed by atoms with Gasteiger partial charge in [0, 0.05) is 11.1 Å². The van der Waals surface area contributed by atoms with Crippen LogP contribution >= 0.6 is 0 Å². The van der Waals surface area contributed by atoms with Gasteiger partial charge in [0.1, 0.15) is 0 Å². The van der Waals surface area contributed by atoms with Crippen molar-refractivity contribution >= 4 is 5.71 Å². The normalized spacial score (nSPS) is 28.1. The van der Waals surface area contributed by atoms with E-state index in [1.807, 2.05) is 0 Å². The first-order valence-corrected chi connectivity index (χ1v) is 5.36. The molecule has 1 nitrogen and oxygen atoms in total. The van der Waals surface area contributed by atoms with Crippen molar-refractivity contribution in [3.63, 3.8) is 0 Å². The van der Waals surface area contributed by atoms with Crippen molar-refractivity contribution in [2.75, 3.05) is 0 Å². The topological polar surface area (TPSA) is 12.4 Å². The van der Waals surface area contributed by atoms with Crippen LogP contribution in [-0.4, -0.2) is 11.8 Å². The molecule has 0 aromatic rings. The lowest BCUT2D eigenvalue weighted by molar-refractivity contribution is 0.539. The summed E-state index contributed by atoms with van der Waals surface area (Å²) in [7, 11) is 0. The highest BCUT2D eigenvalue weighted by Crippen LogP contribution is 2.33. The van der Waals surface area contributed by atoms with E-state index < -0.39 is 0 Å². The molecule has 0 bridgehead atoms. The van der Waals surface area contributed by atoms with Gasteiger partial charge in [-0.15, -0.1) is 0 Å². The summed E-state index contributed by atoms with van der Waals surface area (Å²) in [5, 5.41) is 0. The van der Waals surface area contributed by atoms with Crippen molar-refractivity contribution in [3.05, 3.63) is 11.6 Å². The molecule has 2 rings (SSSR count). The molecule has 2 aliphatic rings. The van der Waals surface area contributed by atoms with Gasteiger partial charge < -0.3 is 0 Å². The van der Waals surface area contributed by atoms with Gasteiger partial charge in [-0.1, -0.05) is 27.2 Å². The predicted octanol–water partition coefficient (Wildman–Crippen LogP) is 3.36. The van der Waals surface area contributed by atoms with Crippen LogP contribution in [0.2, 0.25) is 0 Å². The third-order valence-electron chi connectivity index (χ3n) is 3.01. The Balaban J connectivity index is 2.21. The van der Waals surface area contributed by atoms with E-state index in [9.17, 15) is 0 Å². The lowest BCUT2D eigenvalue weighted by atomic mass is 9.88. The van der Waals surface area contributed by atoms with Gasteiger partial charge in [0.25, 0.3) is 0 Å². The molecule has 1 aliphatic heterocycles. The molecule has 0 radical (unpaired) electrons. The largest absolute Gasteiger partial charge is 0.281 e. The second kappa shape index (κ2) is 2.97. The summed E-state index contributed by atoms with van der Waals surface area (Å²) in [5.74, 6) is 0. The first-order chi connectivity index (χ1) is 6.07. The molecule has 0 aromatic heterocycles. The van der Waals surface area contributed by atoms with Crippen molar-refractivity contribution in [1.29, 1.82) is 0 Å². The highest BCUT2D eigenvalue weighted by Gasteiger charge is 2.28. The van der Waals surface area contributed by atoms with E-state index in [4.69, 9.17) is 4.99 Å². The summed E-state index contributed by atoms with van der Waals surface area (Å²) in [4.78, 5) is 4.81. The smallest absolute Gasteiger partial charge is 0.0716 e. The van der Waals surface area contributed by atoms with Crippen LogP contribution in [0.5, 0.6) is 0 Å². The van der Waals surface area contributed by atoms with Crippen LogP contribution in [-0.2, 0) is 0 Å². The third kappa shape index (κ3) is 1.70. The van der Waals surface area contributed by atoms with Crippen molar-refractivity contribution < 1.29 is 0 Å². The van der Waals surface area contributed by atoms with Crippen LogP contribution in [0.25, 0.3) is 0 Å². The Morgan fingerprint density at radius 3 is 2.69 bits per heavy atom. The molecular weight excluding hydrogens is 158 g/mol. The minimum Gasteiger partial charge on any atom is -0.281 e. The van der Waals surface area contributed by atoms with Crippen LogP contribution in [0.4, 0.5) is 0 Å². The van der Waals surface area contributed by atoms with Gasteiger partial charge in [-0.05, 0) is 30.9 Å². The van der Waals surface area contributed by atoms with Gasteiger partial charge in [-0.25, -0.2) is 0 Å². The van der Waals surface area contributed by atoms with E-state index in [2.05, 4.69) is 26.8 Å². The zero-order chi connectivity index (χ0) is 9.47. The number of aliphatic imine (C=N–C) groups is 1. The van der Waals surface area contributed by atoms with Gasteiger partial charge in [-0.2, -0.15) is 0 Å². The molecular formula is C12H19N. The molecule has 13 heavy (non-hydrogen) atoms. The van der Waals surface area contributed by atoms with Crippen molar-refractivity contribution in [1.82, 2.24) is 0 Å². The number of hydrogen-bond acceptors (Lipinski definition) is 1. The van der Waals surface area contributed by atoms with E-state index in [1.54, 1.807) is 5.57 Å². The monoisotopic (exact) mass is 177 g/mol. The Labute approximate surface area is 80.9 Å². The molecule has 0 saturated heterocycles. The van der Waals surface area contributed by atoms with Crippen LogP contribution in [0.15, 0.2) is 16.6 Å². The van der Waals surface area contributed by atoms with E-state index in [1.165, 1.54) is 31.4 Å². The maximum Gasteiger partial charge on any atom is 0.0716 e. The highest BCUT2D eigenvalue weighted by molar-refractivity contribution is 6.01. The molecule has 1 aliphatic carbocycles. The van der Waals surface area contributed by atoms with Gasteiger partial charge in [0.05, 0.1) is 6.04 Å². The molecule has 1 heteroatoms. The summed E-state index contributed by atoms with van der Waals surface area (Å²) in [6.07, 6.45) is 7.65. The summed E-state index contributed by atoms with van der Waals surface area (Å²) in [6, 6.07) is 0.558. The number of allylic oxidation sites excluding steroid dienone is 1. The van der Waals surface area contributed by atoms with Gasteiger partial charge >= 0.3 is 0 Å². The van der Waals surface area contributed by atoms with Crippen LogP contribution in [0.3, 0.4) is 0 Å². The molecule has 1 heterocycles. The predicted molar refractivity (Wildman–Crippen MR) is 57.2 cm³/mol. The molecule has 1 saturated carbocycles. The Hall–Kier alpha value is -0.590. The second-order valence-electron chi connectivity index (χ2n) is 5.25. The Morgan fingerprint density at radius 2 is 2.08 bits per heavy atom. The van der Waals surface area contributed by atoms with Gasteiger partial charge in [-0.3, -0.25) is 4.99 Å². The molecule has 0 N–H and O–H groups in total. The lowest BCUT2D eigenvalue weighted by Crippen LogP contribution is -2.17. The number of hydrogen-bond donors (Lipinski definition) is 0. The average molecular weight is 177 g/mol. The number of nitrogens with zero attached hydrogens (tertiary/aromatic N) is 1. The van der Waals surface area contributed by atoms with Gasteiger partial charge in [0.15, 0.2) is 0 Å². The Bertz CT molecular complexity index is 265. The molecule has 0 amide bonds. The van der Waals surface area contributed by atoms with Crippen molar-refractivity contribution in [2.24, 2.45) is 10.4 Å². The zero-order valence-electron chi connectivity index (χ0n) is 8.93. The number of rotatable bonds is 0. The molecule has 1 fully saturated rings. The molecule has 0 aromatic carbocycles. The fourth-order valence-electron chi connectivity index (χ4n) is 2.13.